The molecule has 5 rings (SSSR count). The Hall–Kier alpha value is -1.82. The van der Waals surface area contributed by atoms with Crippen molar-refractivity contribution in [3.8, 4) is 11.1 Å². The first-order valence-electron chi connectivity index (χ1n) is 6.73. The van der Waals surface area contributed by atoms with Gasteiger partial charge in [0, 0.05) is 0 Å². The first-order chi connectivity index (χ1) is 10.4. The Morgan fingerprint density at radius 2 is 1.45 bits per heavy atom. The number of hydrogen-bond acceptors (Lipinski definition) is 4. The van der Waals surface area contributed by atoms with E-state index in [1.165, 1.54) is 38.5 Å². The highest BCUT2D eigenvalue weighted by molar-refractivity contribution is 7.23. The van der Waals surface area contributed by atoms with Crippen molar-refractivity contribution in [3.63, 3.8) is 0 Å². The van der Waals surface area contributed by atoms with E-state index in [-0.39, 0.29) is 11.0 Å². The van der Waals surface area contributed by atoms with Crippen molar-refractivity contribution in [2.75, 3.05) is 0 Å². The molecule has 0 N–H and O–H groups in total. The van der Waals surface area contributed by atoms with Gasteiger partial charge in [-0.25, -0.2) is 0 Å². The molecule has 0 spiro atoms. The van der Waals surface area contributed by atoms with Crippen LogP contribution in [0.15, 0.2) is 60.0 Å². The average Bonchev–Trinajstić information content (AvgIpc) is 3.21. The minimum Gasteiger partial charge on any atom is -0.127 e. The zero-order valence-electron chi connectivity index (χ0n) is 11.2. The number of benzene rings is 2. The number of rotatable bonds is 0. The van der Waals surface area contributed by atoms with Gasteiger partial charge in [0.15, 0.2) is 4.83 Å². The van der Waals surface area contributed by atoms with Gasteiger partial charge in [-0.15, -0.1) is 16.4 Å². The van der Waals surface area contributed by atoms with Crippen LogP contribution in [0.4, 0.5) is 0 Å². The summed E-state index contributed by atoms with van der Waals surface area (Å²) in [6, 6.07) is 19.3. The van der Waals surface area contributed by atoms with Gasteiger partial charge < -0.3 is 0 Å². The maximum Gasteiger partial charge on any atom is 0.158 e. The van der Waals surface area contributed by atoms with Crippen LogP contribution in [-0.4, -0.2) is 20.6 Å². The lowest BCUT2D eigenvalue weighted by atomic mass is 10.1. The minimum absolute atomic E-state index is 0. The van der Waals surface area contributed by atoms with Crippen LogP contribution < -0.4 is 0 Å². The summed E-state index contributed by atoms with van der Waals surface area (Å²) < 4.78 is 4.95. The molecule has 1 aliphatic carbocycles. The molecule has 0 amide bonds. The molecule has 0 unspecified atom stereocenters. The Kier molecular flexibility index (Phi) is 4.47. The van der Waals surface area contributed by atoms with Gasteiger partial charge in [-0.1, -0.05) is 53.0 Å². The molecule has 0 aliphatic heterocycles. The summed E-state index contributed by atoms with van der Waals surface area (Å²) in [6.45, 7) is 0. The second-order valence-corrected chi connectivity index (χ2v) is 6.53. The van der Waals surface area contributed by atoms with Crippen LogP contribution in [0.5, 0.6) is 0 Å². The van der Waals surface area contributed by atoms with Crippen LogP contribution in [0.3, 0.4) is 0 Å². The maximum atomic E-state index is 3.87. The van der Waals surface area contributed by atoms with Crippen molar-refractivity contribution < 1.29 is 0 Å². The number of nitrogens with zero attached hydrogens (tertiary/aromatic N) is 2. The highest BCUT2D eigenvalue weighted by atomic mass is 32.1. The Balaban J connectivity index is 0.000000139. The first-order valence-corrected chi connectivity index (χ1v) is 8.39. The van der Waals surface area contributed by atoms with Crippen molar-refractivity contribution >= 4 is 43.4 Å². The van der Waals surface area contributed by atoms with Crippen molar-refractivity contribution in [2.45, 2.75) is 6.42 Å². The Morgan fingerprint density at radius 1 is 0.818 bits per heavy atom. The zero-order valence-corrected chi connectivity index (χ0v) is 12.8. The first kappa shape index (κ1) is 15.1. The van der Waals surface area contributed by atoms with Gasteiger partial charge in [-0.2, -0.15) is 0 Å². The average molecular weight is 341 g/mol. The van der Waals surface area contributed by atoms with E-state index in [1.54, 1.807) is 11.3 Å². The molecule has 0 radical (unpaired) electrons. The van der Waals surface area contributed by atoms with Crippen LogP contribution in [-0.2, 0) is 6.42 Å². The molecule has 110 valence electrons. The lowest BCUT2D eigenvalue weighted by molar-refractivity contribution is 1.21. The largest absolute Gasteiger partial charge is 0.158 e. The van der Waals surface area contributed by atoms with E-state index >= 15 is 0 Å². The molecule has 2 aromatic heterocycles. The molecule has 2 nitrogen and oxygen atoms in total. The lowest BCUT2D eigenvalue weighted by Crippen LogP contribution is -1.77. The van der Waals surface area contributed by atoms with E-state index < -0.39 is 0 Å². The van der Waals surface area contributed by atoms with Gasteiger partial charge in [0.25, 0.3) is 0 Å². The maximum absolute atomic E-state index is 3.87. The SMILES string of the molecule is [SiH4].c1cc2snnc2s1.c1ccc2c(c1)Cc1ccccc1-2. The summed E-state index contributed by atoms with van der Waals surface area (Å²) in [7, 11) is 0. The second-order valence-electron chi connectivity index (χ2n) is 4.85. The van der Waals surface area contributed by atoms with E-state index in [4.69, 9.17) is 0 Å². The van der Waals surface area contributed by atoms with E-state index in [0.717, 1.165) is 11.3 Å². The molecule has 0 bridgehead atoms. The van der Waals surface area contributed by atoms with Crippen molar-refractivity contribution in [3.05, 3.63) is 71.1 Å². The fraction of sp³-hybridized carbons (Fsp3) is 0.0588. The summed E-state index contributed by atoms with van der Waals surface area (Å²) in [4.78, 5) is 1.05. The van der Waals surface area contributed by atoms with E-state index in [0.29, 0.717) is 0 Å². The Morgan fingerprint density at radius 3 is 2.09 bits per heavy atom. The van der Waals surface area contributed by atoms with Crippen LogP contribution in [0.2, 0.25) is 0 Å². The number of aromatic nitrogens is 2. The standard InChI is InChI=1S/C13H10.C4H2N2S2.H4Si/c1-3-7-12-10(5-1)9-11-6-2-4-8-13(11)12;1-2-7-4-3(1)8-6-5-4;/h1-8H,9H2;1-2H;1H4. The van der Waals surface area contributed by atoms with Crippen molar-refractivity contribution in [2.24, 2.45) is 0 Å². The molecule has 0 saturated heterocycles. The highest BCUT2D eigenvalue weighted by Gasteiger charge is 2.15. The number of fused-ring (bicyclic) bond motifs is 4. The van der Waals surface area contributed by atoms with Crippen LogP contribution >= 0.6 is 22.9 Å². The molecule has 2 aromatic carbocycles. The van der Waals surface area contributed by atoms with E-state index in [2.05, 4.69) is 58.1 Å². The molecule has 22 heavy (non-hydrogen) atoms. The van der Waals surface area contributed by atoms with Crippen LogP contribution in [0.1, 0.15) is 11.1 Å². The summed E-state index contributed by atoms with van der Waals surface area (Å²) in [6.07, 6.45) is 1.10. The number of hydrogen-bond donors (Lipinski definition) is 0. The molecule has 0 fully saturated rings. The van der Waals surface area contributed by atoms with Crippen molar-refractivity contribution in [1.82, 2.24) is 9.59 Å². The molecule has 2 heterocycles. The van der Waals surface area contributed by atoms with Gasteiger partial charge in [0.2, 0.25) is 0 Å². The smallest absolute Gasteiger partial charge is 0.127 e. The summed E-state index contributed by atoms with van der Waals surface area (Å²) >= 11 is 3.07. The zero-order chi connectivity index (χ0) is 14.1. The van der Waals surface area contributed by atoms with Crippen LogP contribution in [0.25, 0.3) is 20.7 Å². The fourth-order valence-corrected chi connectivity index (χ4v) is 4.07. The van der Waals surface area contributed by atoms with Gasteiger partial charge in [0.05, 0.1) is 4.70 Å². The third kappa shape index (κ3) is 2.75. The molecular formula is C17H16N2S2Si. The summed E-state index contributed by atoms with van der Waals surface area (Å²) in [5.41, 5.74) is 5.75. The third-order valence-corrected chi connectivity index (χ3v) is 5.20. The predicted molar refractivity (Wildman–Crippen MR) is 101 cm³/mol. The molecule has 1 aliphatic rings. The Bertz CT molecular complexity index is 803. The Labute approximate surface area is 141 Å². The third-order valence-electron chi connectivity index (χ3n) is 3.59. The topological polar surface area (TPSA) is 25.8 Å². The van der Waals surface area contributed by atoms with Gasteiger partial charge in [-0.3, -0.25) is 0 Å². The molecular weight excluding hydrogens is 324 g/mol. The molecule has 0 atom stereocenters. The predicted octanol–water partition coefficient (Wildman–Crippen LogP) is 3.56. The second kappa shape index (κ2) is 6.52. The van der Waals surface area contributed by atoms with Crippen molar-refractivity contribution in [1.29, 1.82) is 0 Å². The summed E-state index contributed by atoms with van der Waals surface area (Å²) in [5, 5.41) is 5.89. The number of thiophene rings is 1. The lowest BCUT2D eigenvalue weighted by Gasteiger charge is -1.98. The quantitative estimate of drug-likeness (QED) is 0.403. The van der Waals surface area contributed by atoms with Crippen LogP contribution in [0, 0.1) is 0 Å². The molecule has 5 heteroatoms. The fourth-order valence-electron chi connectivity index (χ4n) is 2.61. The monoisotopic (exact) mass is 340 g/mol. The normalized spacial score (nSPS) is 11.1. The van der Waals surface area contributed by atoms with E-state index in [1.807, 2.05) is 11.4 Å². The van der Waals surface area contributed by atoms with E-state index in [9.17, 15) is 0 Å². The van der Waals surface area contributed by atoms with Gasteiger partial charge in [0.1, 0.15) is 0 Å². The van der Waals surface area contributed by atoms with Gasteiger partial charge in [-0.05, 0) is 62.6 Å². The summed E-state index contributed by atoms with van der Waals surface area (Å²) in [5.74, 6) is 0. The van der Waals surface area contributed by atoms with Gasteiger partial charge >= 0.3 is 0 Å². The molecule has 0 saturated carbocycles. The molecule has 4 aromatic rings. The highest BCUT2D eigenvalue weighted by Crippen LogP contribution is 2.35. The minimum atomic E-state index is 0.